The molecule has 9 heteroatoms. The van der Waals surface area contributed by atoms with Crippen LogP contribution in [-0.2, 0) is 5.54 Å². The highest BCUT2D eigenvalue weighted by atomic mass is 16.1. The molecule has 3 aromatic heterocycles. The maximum atomic E-state index is 13.3. The molecule has 1 aliphatic heterocycles. The van der Waals surface area contributed by atoms with Gasteiger partial charge in [0, 0.05) is 50.8 Å². The smallest absolute Gasteiger partial charge is 0.252 e. The van der Waals surface area contributed by atoms with Crippen LogP contribution < -0.4 is 10.2 Å². The molecule has 0 spiro atoms. The number of anilines is 1. The van der Waals surface area contributed by atoms with Crippen LogP contribution in [0.15, 0.2) is 24.5 Å². The van der Waals surface area contributed by atoms with Crippen LogP contribution in [0.4, 0.5) is 5.95 Å². The summed E-state index contributed by atoms with van der Waals surface area (Å²) in [4.78, 5) is 31.5. The van der Waals surface area contributed by atoms with Crippen molar-refractivity contribution in [2.24, 2.45) is 0 Å². The second-order valence-corrected chi connectivity index (χ2v) is 10.6. The molecule has 4 heterocycles. The number of aromatic nitrogens is 5. The van der Waals surface area contributed by atoms with Gasteiger partial charge in [0.25, 0.3) is 5.91 Å². The lowest BCUT2D eigenvalue weighted by atomic mass is 10.0. The normalized spacial score (nSPS) is 15.2. The van der Waals surface area contributed by atoms with E-state index in [0.29, 0.717) is 12.1 Å². The molecule has 4 rings (SSSR count). The quantitative estimate of drug-likeness (QED) is 0.521. The van der Waals surface area contributed by atoms with E-state index in [1.165, 1.54) is 0 Å². The summed E-state index contributed by atoms with van der Waals surface area (Å²) >= 11 is 0. The van der Waals surface area contributed by atoms with E-state index in [1.54, 1.807) is 12.4 Å². The minimum atomic E-state index is -0.223. The molecule has 3 aromatic rings. The summed E-state index contributed by atoms with van der Waals surface area (Å²) in [6.45, 7) is 17.8. The summed E-state index contributed by atoms with van der Waals surface area (Å²) in [6, 6.07) is 3.78. The molecule has 0 bridgehead atoms. The molecule has 0 atom stereocenters. The largest absolute Gasteiger partial charge is 0.352 e. The van der Waals surface area contributed by atoms with Gasteiger partial charge in [0.15, 0.2) is 5.65 Å². The highest BCUT2D eigenvalue weighted by Crippen LogP contribution is 2.28. The van der Waals surface area contributed by atoms with Crippen LogP contribution in [0.3, 0.4) is 0 Å². The molecule has 1 amide bonds. The van der Waals surface area contributed by atoms with Gasteiger partial charge in [-0.1, -0.05) is 13.8 Å². The number of fused-ring (bicyclic) bond motifs is 1. The van der Waals surface area contributed by atoms with Gasteiger partial charge in [0.1, 0.15) is 0 Å². The molecule has 0 saturated carbocycles. The number of hydrogen-bond acceptors (Lipinski definition) is 7. The first kappa shape index (κ1) is 25.0. The highest BCUT2D eigenvalue weighted by Gasteiger charge is 2.25. The Morgan fingerprint density at radius 1 is 1.11 bits per heavy atom. The van der Waals surface area contributed by atoms with Crippen molar-refractivity contribution in [3.63, 3.8) is 0 Å². The highest BCUT2D eigenvalue weighted by molar-refractivity contribution is 6.06. The Morgan fingerprint density at radius 2 is 1.80 bits per heavy atom. The number of rotatable bonds is 7. The first-order valence-corrected chi connectivity index (χ1v) is 12.6. The molecule has 1 aliphatic rings. The second-order valence-electron chi connectivity index (χ2n) is 10.6. The Bertz CT molecular complexity index is 1160. The number of hydrogen-bond donors (Lipinski definition) is 1. The lowest BCUT2D eigenvalue weighted by Crippen LogP contribution is -2.47. The Balaban J connectivity index is 1.37. The van der Waals surface area contributed by atoms with Crippen molar-refractivity contribution in [3.05, 3.63) is 41.5 Å². The number of aryl methyl sites for hydroxylation is 1. The zero-order valence-electron chi connectivity index (χ0n) is 21.9. The van der Waals surface area contributed by atoms with Gasteiger partial charge in [-0.15, -0.1) is 0 Å². The number of nitrogens with one attached hydrogen (secondary N) is 1. The lowest BCUT2D eigenvalue weighted by molar-refractivity contribution is 0.0953. The molecule has 0 aromatic carbocycles. The molecule has 35 heavy (non-hydrogen) atoms. The maximum absolute atomic E-state index is 13.3. The van der Waals surface area contributed by atoms with Crippen molar-refractivity contribution in [2.75, 3.05) is 44.2 Å². The summed E-state index contributed by atoms with van der Waals surface area (Å²) in [5.41, 5.74) is 2.98. The zero-order chi connectivity index (χ0) is 25.2. The van der Waals surface area contributed by atoms with Gasteiger partial charge in [0.05, 0.1) is 22.2 Å². The van der Waals surface area contributed by atoms with Gasteiger partial charge in [-0.05, 0) is 58.7 Å². The molecule has 0 unspecified atom stereocenters. The Kier molecular flexibility index (Phi) is 7.35. The van der Waals surface area contributed by atoms with Crippen molar-refractivity contribution >= 4 is 22.9 Å². The summed E-state index contributed by atoms with van der Waals surface area (Å²) < 4.78 is 1.94. The number of carbonyl (C=O) groups is 1. The fraction of sp³-hybridized carbons (Fsp3) is 0.577. The van der Waals surface area contributed by atoms with Gasteiger partial charge < -0.3 is 10.2 Å². The van der Waals surface area contributed by atoms with Gasteiger partial charge >= 0.3 is 0 Å². The maximum Gasteiger partial charge on any atom is 0.252 e. The zero-order valence-corrected chi connectivity index (χ0v) is 21.9. The van der Waals surface area contributed by atoms with Crippen LogP contribution in [0.1, 0.15) is 68.7 Å². The van der Waals surface area contributed by atoms with Crippen LogP contribution in [0, 0.1) is 6.92 Å². The first-order chi connectivity index (χ1) is 16.6. The van der Waals surface area contributed by atoms with E-state index in [0.717, 1.165) is 67.5 Å². The molecule has 0 radical (unpaired) electrons. The van der Waals surface area contributed by atoms with E-state index in [2.05, 4.69) is 59.7 Å². The molecule has 9 nitrogen and oxygen atoms in total. The van der Waals surface area contributed by atoms with E-state index in [4.69, 9.17) is 10.1 Å². The number of carbonyl (C=O) groups excluding carboxylic acids is 1. The van der Waals surface area contributed by atoms with Crippen LogP contribution in [0.2, 0.25) is 0 Å². The van der Waals surface area contributed by atoms with Gasteiger partial charge in [0.2, 0.25) is 5.95 Å². The predicted octanol–water partition coefficient (Wildman–Crippen LogP) is 3.35. The van der Waals surface area contributed by atoms with Crippen molar-refractivity contribution in [1.82, 2.24) is 34.9 Å². The van der Waals surface area contributed by atoms with Crippen LogP contribution >= 0.6 is 0 Å². The minimum Gasteiger partial charge on any atom is -0.352 e. The molecule has 0 aliphatic carbocycles. The van der Waals surface area contributed by atoms with Crippen LogP contribution in [0.25, 0.3) is 11.0 Å². The number of nitrogens with zero attached hydrogens (tertiary/aromatic N) is 7. The minimum absolute atomic E-state index is 0.0538. The summed E-state index contributed by atoms with van der Waals surface area (Å²) in [5.74, 6) is 0.963. The molecule has 188 valence electrons. The fourth-order valence-electron chi connectivity index (χ4n) is 4.48. The standard InChI is InChI=1S/C26H38N8O/c1-18(2)21-17-20(22-19(3)31-34(23(22)30-21)26(4,5)6)24(35)27-11-8-12-32-13-15-33(16-14-32)25-28-9-7-10-29-25/h7,9-10,17-18H,8,11-16H2,1-6H3,(H,27,35). The van der Waals surface area contributed by atoms with Crippen molar-refractivity contribution < 1.29 is 4.79 Å². The van der Waals surface area contributed by atoms with Crippen molar-refractivity contribution in [2.45, 2.75) is 59.4 Å². The van der Waals surface area contributed by atoms with Crippen LogP contribution in [-0.4, -0.2) is 74.8 Å². The fourth-order valence-corrected chi connectivity index (χ4v) is 4.48. The van der Waals surface area contributed by atoms with Gasteiger partial charge in [-0.3, -0.25) is 9.69 Å². The Morgan fingerprint density at radius 3 is 2.43 bits per heavy atom. The summed E-state index contributed by atoms with van der Waals surface area (Å²) in [7, 11) is 0. The third-order valence-corrected chi connectivity index (χ3v) is 6.45. The molecular formula is C26H38N8O. The number of piperazine rings is 1. The van der Waals surface area contributed by atoms with E-state index in [1.807, 2.05) is 23.7 Å². The predicted molar refractivity (Wildman–Crippen MR) is 139 cm³/mol. The Hall–Kier alpha value is -3.07. The van der Waals surface area contributed by atoms with Crippen LogP contribution in [0.5, 0.6) is 0 Å². The molecule has 1 N–H and O–H groups in total. The monoisotopic (exact) mass is 478 g/mol. The van der Waals surface area contributed by atoms with Gasteiger partial charge in [-0.2, -0.15) is 5.10 Å². The van der Waals surface area contributed by atoms with Gasteiger partial charge in [-0.25, -0.2) is 19.6 Å². The third-order valence-electron chi connectivity index (χ3n) is 6.45. The van der Waals surface area contributed by atoms with E-state index in [-0.39, 0.29) is 17.4 Å². The van der Waals surface area contributed by atoms with E-state index in [9.17, 15) is 4.79 Å². The summed E-state index contributed by atoms with van der Waals surface area (Å²) in [6.07, 6.45) is 4.47. The SMILES string of the molecule is Cc1nn(C(C)(C)C)c2nc(C(C)C)cc(C(=O)NCCCN3CCN(c4ncccn4)CC3)c12. The molecule has 1 fully saturated rings. The third kappa shape index (κ3) is 5.61. The molecular weight excluding hydrogens is 440 g/mol. The second kappa shape index (κ2) is 10.3. The van der Waals surface area contributed by atoms with Crippen molar-refractivity contribution in [3.8, 4) is 0 Å². The average Bonchev–Trinajstić information content (AvgIpc) is 3.19. The van der Waals surface area contributed by atoms with Crippen molar-refractivity contribution in [1.29, 1.82) is 0 Å². The number of amides is 1. The topological polar surface area (TPSA) is 92.1 Å². The Labute approximate surface area is 208 Å². The lowest BCUT2D eigenvalue weighted by Gasteiger charge is -2.34. The number of pyridine rings is 1. The summed E-state index contributed by atoms with van der Waals surface area (Å²) in [5, 5.41) is 8.74. The average molecular weight is 479 g/mol. The first-order valence-electron chi connectivity index (χ1n) is 12.6. The van der Waals surface area contributed by atoms with E-state index >= 15 is 0 Å². The van der Waals surface area contributed by atoms with E-state index < -0.39 is 0 Å². The molecule has 1 saturated heterocycles.